The number of hydrogen-bond acceptors (Lipinski definition) is 2. The Labute approximate surface area is 82.4 Å². The Hall–Kier alpha value is -1.77. The van der Waals surface area contributed by atoms with Gasteiger partial charge in [0.05, 0.1) is 12.5 Å². The molecule has 0 saturated heterocycles. The van der Waals surface area contributed by atoms with Gasteiger partial charge in [0.15, 0.2) is 0 Å². The Kier molecular flexibility index (Phi) is 3.29. The second-order valence-corrected chi connectivity index (χ2v) is 3.07. The van der Waals surface area contributed by atoms with Crippen molar-refractivity contribution in [1.82, 2.24) is 0 Å². The van der Waals surface area contributed by atoms with Gasteiger partial charge in [0, 0.05) is 11.6 Å². The Morgan fingerprint density at radius 1 is 1.43 bits per heavy atom. The van der Waals surface area contributed by atoms with Crippen LogP contribution in [0.3, 0.4) is 0 Å². The SMILES string of the molecule is CC(=C/C(=O)O)/C=C(\C)c1ccoc1. The van der Waals surface area contributed by atoms with Gasteiger partial charge < -0.3 is 9.52 Å². The molecule has 0 bridgehead atoms. The molecule has 3 nitrogen and oxygen atoms in total. The van der Waals surface area contributed by atoms with Crippen LogP contribution in [0, 0.1) is 0 Å². The van der Waals surface area contributed by atoms with E-state index in [1.807, 2.05) is 13.0 Å². The lowest BCUT2D eigenvalue weighted by Crippen LogP contribution is -1.88. The Bertz CT molecular complexity index is 369. The summed E-state index contributed by atoms with van der Waals surface area (Å²) in [7, 11) is 0. The number of allylic oxidation sites excluding steroid dienone is 3. The van der Waals surface area contributed by atoms with E-state index < -0.39 is 5.97 Å². The maximum atomic E-state index is 10.4. The second kappa shape index (κ2) is 4.46. The van der Waals surface area contributed by atoms with Crippen LogP contribution in [-0.2, 0) is 4.79 Å². The molecule has 0 aromatic carbocycles. The topological polar surface area (TPSA) is 50.4 Å². The van der Waals surface area contributed by atoms with Gasteiger partial charge in [-0.1, -0.05) is 6.08 Å². The minimum absolute atomic E-state index is 0.705. The highest BCUT2D eigenvalue weighted by atomic mass is 16.4. The first-order valence-electron chi connectivity index (χ1n) is 4.21. The average Bonchev–Trinajstić information content (AvgIpc) is 2.53. The third-order valence-corrected chi connectivity index (χ3v) is 1.77. The van der Waals surface area contributed by atoms with Gasteiger partial charge in [-0.2, -0.15) is 0 Å². The molecule has 0 fully saturated rings. The van der Waals surface area contributed by atoms with Gasteiger partial charge >= 0.3 is 5.97 Å². The predicted octanol–water partition coefficient (Wildman–Crippen LogP) is 2.71. The van der Waals surface area contributed by atoms with Crippen molar-refractivity contribution in [3.8, 4) is 0 Å². The van der Waals surface area contributed by atoms with Crippen LogP contribution in [0.15, 0.2) is 40.7 Å². The molecule has 0 amide bonds. The zero-order valence-electron chi connectivity index (χ0n) is 8.15. The zero-order chi connectivity index (χ0) is 10.6. The number of carbonyl (C=O) groups is 1. The molecular weight excluding hydrogens is 180 g/mol. The van der Waals surface area contributed by atoms with Crippen molar-refractivity contribution in [3.05, 3.63) is 41.9 Å². The van der Waals surface area contributed by atoms with Crippen molar-refractivity contribution in [2.45, 2.75) is 13.8 Å². The standard InChI is InChI=1S/C11H12O3/c1-8(6-11(12)13)5-9(2)10-3-4-14-7-10/h3-7H,1-2H3,(H,12,13)/b8-6-,9-5+. The van der Waals surface area contributed by atoms with E-state index in [2.05, 4.69) is 0 Å². The number of carboxylic acids is 1. The van der Waals surface area contributed by atoms with Crippen LogP contribution in [0.5, 0.6) is 0 Å². The molecule has 0 saturated carbocycles. The largest absolute Gasteiger partial charge is 0.478 e. The maximum absolute atomic E-state index is 10.4. The van der Waals surface area contributed by atoms with E-state index in [1.165, 1.54) is 6.08 Å². The van der Waals surface area contributed by atoms with Crippen molar-refractivity contribution >= 4 is 11.5 Å². The number of rotatable bonds is 3. The number of carboxylic acid groups (broad SMARTS) is 1. The molecule has 14 heavy (non-hydrogen) atoms. The first kappa shape index (κ1) is 10.3. The lowest BCUT2D eigenvalue weighted by atomic mass is 10.1. The molecule has 1 rings (SSSR count). The van der Waals surface area contributed by atoms with Crippen molar-refractivity contribution in [3.63, 3.8) is 0 Å². The summed E-state index contributed by atoms with van der Waals surface area (Å²) < 4.78 is 4.92. The molecule has 0 unspecified atom stereocenters. The Balaban J connectivity index is 2.84. The average molecular weight is 192 g/mol. The van der Waals surface area contributed by atoms with Crippen LogP contribution in [-0.4, -0.2) is 11.1 Å². The number of aliphatic carboxylic acids is 1. The second-order valence-electron chi connectivity index (χ2n) is 3.07. The summed E-state index contributed by atoms with van der Waals surface area (Å²) in [5, 5.41) is 8.50. The molecule has 74 valence electrons. The first-order chi connectivity index (χ1) is 6.59. The van der Waals surface area contributed by atoms with Crippen LogP contribution in [0.2, 0.25) is 0 Å². The van der Waals surface area contributed by atoms with E-state index in [1.54, 1.807) is 25.5 Å². The Morgan fingerprint density at radius 2 is 2.14 bits per heavy atom. The van der Waals surface area contributed by atoms with E-state index in [9.17, 15) is 4.79 Å². The smallest absolute Gasteiger partial charge is 0.328 e. The molecule has 0 radical (unpaired) electrons. The minimum Gasteiger partial charge on any atom is -0.478 e. The zero-order valence-corrected chi connectivity index (χ0v) is 8.15. The molecule has 1 heterocycles. The minimum atomic E-state index is -0.932. The van der Waals surface area contributed by atoms with Gasteiger partial charge in [-0.15, -0.1) is 0 Å². The molecule has 0 aliphatic carbocycles. The molecule has 0 aliphatic heterocycles. The predicted molar refractivity (Wildman–Crippen MR) is 53.8 cm³/mol. The highest BCUT2D eigenvalue weighted by molar-refractivity contribution is 5.82. The first-order valence-corrected chi connectivity index (χ1v) is 4.21. The van der Waals surface area contributed by atoms with Crippen LogP contribution < -0.4 is 0 Å². The lowest BCUT2D eigenvalue weighted by molar-refractivity contribution is -0.131. The normalized spacial score (nSPS) is 13.0. The van der Waals surface area contributed by atoms with E-state index in [0.29, 0.717) is 5.57 Å². The van der Waals surface area contributed by atoms with E-state index in [0.717, 1.165) is 11.1 Å². The summed E-state index contributed by atoms with van der Waals surface area (Å²) in [6.07, 6.45) is 6.19. The lowest BCUT2D eigenvalue weighted by Gasteiger charge is -1.96. The molecular formula is C11H12O3. The third-order valence-electron chi connectivity index (χ3n) is 1.77. The summed E-state index contributed by atoms with van der Waals surface area (Å²) in [6.45, 7) is 3.65. The summed E-state index contributed by atoms with van der Waals surface area (Å²) in [4.78, 5) is 10.4. The summed E-state index contributed by atoms with van der Waals surface area (Å²) in [5.41, 5.74) is 2.65. The van der Waals surface area contributed by atoms with Gasteiger partial charge in [-0.25, -0.2) is 4.79 Å². The van der Waals surface area contributed by atoms with Gasteiger partial charge in [-0.05, 0) is 31.1 Å². The quantitative estimate of drug-likeness (QED) is 0.591. The summed E-state index contributed by atoms with van der Waals surface area (Å²) in [5.74, 6) is -0.932. The molecule has 1 N–H and O–H groups in total. The maximum Gasteiger partial charge on any atom is 0.328 e. The van der Waals surface area contributed by atoms with Gasteiger partial charge in [-0.3, -0.25) is 0 Å². The van der Waals surface area contributed by atoms with Crippen LogP contribution in [0.25, 0.3) is 5.57 Å². The fourth-order valence-electron chi connectivity index (χ4n) is 1.15. The fourth-order valence-corrected chi connectivity index (χ4v) is 1.15. The molecule has 3 heteroatoms. The molecule has 0 spiro atoms. The van der Waals surface area contributed by atoms with Crippen molar-refractivity contribution in [2.75, 3.05) is 0 Å². The van der Waals surface area contributed by atoms with Crippen molar-refractivity contribution in [1.29, 1.82) is 0 Å². The summed E-state index contributed by atoms with van der Waals surface area (Å²) in [6, 6.07) is 1.83. The van der Waals surface area contributed by atoms with Gasteiger partial charge in [0.1, 0.15) is 0 Å². The van der Waals surface area contributed by atoms with Crippen molar-refractivity contribution in [2.24, 2.45) is 0 Å². The van der Waals surface area contributed by atoms with E-state index in [-0.39, 0.29) is 0 Å². The summed E-state index contributed by atoms with van der Waals surface area (Å²) >= 11 is 0. The number of hydrogen-bond donors (Lipinski definition) is 1. The fraction of sp³-hybridized carbons (Fsp3) is 0.182. The highest BCUT2D eigenvalue weighted by Gasteiger charge is 1.97. The monoisotopic (exact) mass is 192 g/mol. The molecule has 1 aromatic rings. The van der Waals surface area contributed by atoms with Crippen molar-refractivity contribution < 1.29 is 14.3 Å². The molecule has 0 atom stereocenters. The molecule has 1 aromatic heterocycles. The number of furan rings is 1. The van der Waals surface area contributed by atoms with E-state index in [4.69, 9.17) is 9.52 Å². The van der Waals surface area contributed by atoms with Gasteiger partial charge in [0.25, 0.3) is 0 Å². The molecule has 0 aliphatic rings. The van der Waals surface area contributed by atoms with Crippen LogP contribution in [0.4, 0.5) is 0 Å². The van der Waals surface area contributed by atoms with Crippen LogP contribution >= 0.6 is 0 Å². The van der Waals surface area contributed by atoms with E-state index >= 15 is 0 Å². The van der Waals surface area contributed by atoms with Gasteiger partial charge in [0.2, 0.25) is 0 Å². The van der Waals surface area contributed by atoms with Crippen LogP contribution in [0.1, 0.15) is 19.4 Å². The highest BCUT2D eigenvalue weighted by Crippen LogP contribution is 2.15. The third kappa shape index (κ3) is 2.94. The Morgan fingerprint density at radius 3 is 2.64 bits per heavy atom.